The zero-order chi connectivity index (χ0) is 10.8. The van der Waals surface area contributed by atoms with Crippen LogP contribution in [0.5, 0.6) is 0 Å². The van der Waals surface area contributed by atoms with E-state index in [1.54, 1.807) is 6.07 Å². The Morgan fingerprint density at radius 2 is 1.93 bits per heavy atom. The van der Waals surface area contributed by atoms with Crippen LogP contribution in [0.1, 0.15) is 31.9 Å². The molecule has 0 spiro atoms. The van der Waals surface area contributed by atoms with Crippen LogP contribution in [0.3, 0.4) is 0 Å². The molecule has 0 aromatic heterocycles. The van der Waals surface area contributed by atoms with E-state index in [-0.39, 0.29) is 11.2 Å². The van der Waals surface area contributed by atoms with Crippen molar-refractivity contribution < 1.29 is 4.39 Å². The highest BCUT2D eigenvalue weighted by Crippen LogP contribution is 2.25. The molecule has 0 aliphatic carbocycles. The highest BCUT2D eigenvalue weighted by atomic mass is 79.9. The van der Waals surface area contributed by atoms with Crippen molar-refractivity contribution in [2.75, 3.05) is 5.33 Å². The smallest absolute Gasteiger partial charge is 0.127 e. The van der Waals surface area contributed by atoms with E-state index in [2.05, 4.69) is 15.9 Å². The first-order valence-electron chi connectivity index (χ1n) is 4.80. The molecule has 2 heteroatoms. The van der Waals surface area contributed by atoms with Crippen molar-refractivity contribution in [1.82, 2.24) is 0 Å². The van der Waals surface area contributed by atoms with Gasteiger partial charge in [-0.15, -0.1) is 0 Å². The van der Waals surface area contributed by atoms with E-state index in [0.717, 1.165) is 22.9 Å². The van der Waals surface area contributed by atoms with Gasteiger partial charge in [0.05, 0.1) is 0 Å². The van der Waals surface area contributed by atoms with Crippen LogP contribution in [-0.2, 0) is 11.8 Å². The van der Waals surface area contributed by atoms with Gasteiger partial charge in [-0.3, -0.25) is 0 Å². The third kappa shape index (κ3) is 2.81. The van der Waals surface area contributed by atoms with Crippen LogP contribution in [0.4, 0.5) is 4.39 Å². The summed E-state index contributed by atoms with van der Waals surface area (Å²) in [5.74, 6) is -0.0871. The van der Waals surface area contributed by atoms with Crippen LogP contribution in [0.25, 0.3) is 0 Å². The molecule has 14 heavy (non-hydrogen) atoms. The standard InChI is InChI=1S/C12H16BrF/c1-12(2,3)10-5-4-9(6-7-13)8-11(10)14/h4-5,8H,6-7H2,1-3H3. The van der Waals surface area contributed by atoms with E-state index in [1.807, 2.05) is 32.9 Å². The lowest BCUT2D eigenvalue weighted by Gasteiger charge is -2.20. The Kier molecular flexibility index (Phi) is 3.71. The SMILES string of the molecule is CC(C)(C)c1ccc(CCBr)cc1F. The molecule has 0 saturated carbocycles. The highest BCUT2D eigenvalue weighted by molar-refractivity contribution is 9.09. The molecule has 0 nitrogen and oxygen atoms in total. The Morgan fingerprint density at radius 1 is 1.29 bits per heavy atom. The molecule has 0 aliphatic rings. The Morgan fingerprint density at radius 3 is 2.36 bits per heavy atom. The Hall–Kier alpha value is -0.370. The highest BCUT2D eigenvalue weighted by Gasteiger charge is 2.17. The largest absolute Gasteiger partial charge is 0.207 e. The molecule has 78 valence electrons. The number of benzene rings is 1. The zero-order valence-corrected chi connectivity index (χ0v) is 10.5. The van der Waals surface area contributed by atoms with Crippen LogP contribution >= 0.6 is 15.9 Å². The first-order valence-corrected chi connectivity index (χ1v) is 5.92. The molecule has 0 aliphatic heterocycles. The molecule has 0 atom stereocenters. The molecule has 0 bridgehead atoms. The van der Waals surface area contributed by atoms with Crippen molar-refractivity contribution in [3.05, 3.63) is 35.1 Å². The number of rotatable bonds is 2. The number of hydrogen-bond donors (Lipinski definition) is 0. The molecular formula is C12H16BrF. The van der Waals surface area contributed by atoms with E-state index in [9.17, 15) is 4.39 Å². The van der Waals surface area contributed by atoms with Gasteiger partial charge in [0.1, 0.15) is 5.82 Å². The molecule has 0 N–H and O–H groups in total. The fourth-order valence-corrected chi connectivity index (χ4v) is 1.89. The van der Waals surface area contributed by atoms with E-state index >= 15 is 0 Å². The molecule has 0 fully saturated rings. The van der Waals surface area contributed by atoms with Crippen LogP contribution in [-0.4, -0.2) is 5.33 Å². The Balaban J connectivity index is 3.02. The number of aryl methyl sites for hydroxylation is 1. The number of alkyl halides is 1. The average molecular weight is 259 g/mol. The second-order valence-electron chi connectivity index (χ2n) is 4.50. The van der Waals surface area contributed by atoms with Crippen molar-refractivity contribution in [2.45, 2.75) is 32.6 Å². The van der Waals surface area contributed by atoms with Crippen LogP contribution < -0.4 is 0 Å². The van der Waals surface area contributed by atoms with Crippen molar-refractivity contribution in [2.24, 2.45) is 0 Å². The molecule has 0 amide bonds. The first-order chi connectivity index (χ1) is 6.45. The maximum atomic E-state index is 13.7. The number of hydrogen-bond acceptors (Lipinski definition) is 0. The van der Waals surface area contributed by atoms with Crippen molar-refractivity contribution >= 4 is 15.9 Å². The monoisotopic (exact) mass is 258 g/mol. The lowest BCUT2D eigenvalue weighted by atomic mass is 9.86. The average Bonchev–Trinajstić information content (AvgIpc) is 2.02. The second-order valence-corrected chi connectivity index (χ2v) is 5.30. The third-order valence-electron chi connectivity index (χ3n) is 2.22. The molecular weight excluding hydrogens is 243 g/mol. The van der Waals surface area contributed by atoms with Gasteiger partial charge in [-0.05, 0) is 29.0 Å². The molecule has 0 radical (unpaired) electrons. The van der Waals surface area contributed by atoms with Gasteiger partial charge in [-0.25, -0.2) is 4.39 Å². The van der Waals surface area contributed by atoms with E-state index < -0.39 is 0 Å². The fraction of sp³-hybridized carbons (Fsp3) is 0.500. The minimum absolute atomic E-state index is 0.0871. The van der Waals surface area contributed by atoms with Gasteiger partial charge in [-0.1, -0.05) is 48.8 Å². The van der Waals surface area contributed by atoms with Crippen LogP contribution in [0, 0.1) is 5.82 Å². The molecule has 1 rings (SSSR count). The summed E-state index contributed by atoms with van der Waals surface area (Å²) in [5, 5.41) is 0.876. The van der Waals surface area contributed by atoms with Gasteiger partial charge in [0.25, 0.3) is 0 Å². The van der Waals surface area contributed by atoms with Crippen molar-refractivity contribution in [1.29, 1.82) is 0 Å². The van der Waals surface area contributed by atoms with Gasteiger partial charge in [0, 0.05) is 5.33 Å². The van der Waals surface area contributed by atoms with Gasteiger partial charge >= 0.3 is 0 Å². The lowest BCUT2D eigenvalue weighted by molar-refractivity contribution is 0.522. The zero-order valence-electron chi connectivity index (χ0n) is 8.90. The molecule has 0 heterocycles. The van der Waals surface area contributed by atoms with E-state index in [1.165, 1.54) is 0 Å². The topological polar surface area (TPSA) is 0 Å². The van der Waals surface area contributed by atoms with Gasteiger partial charge in [0.2, 0.25) is 0 Å². The molecule has 1 aromatic rings. The number of halogens is 2. The van der Waals surface area contributed by atoms with Crippen molar-refractivity contribution in [3.8, 4) is 0 Å². The Bertz CT molecular complexity index is 313. The predicted molar refractivity (Wildman–Crippen MR) is 62.6 cm³/mol. The van der Waals surface area contributed by atoms with Crippen LogP contribution in [0.15, 0.2) is 18.2 Å². The summed E-state index contributed by atoms with van der Waals surface area (Å²) in [4.78, 5) is 0. The van der Waals surface area contributed by atoms with E-state index in [4.69, 9.17) is 0 Å². The fourth-order valence-electron chi connectivity index (χ4n) is 1.43. The minimum Gasteiger partial charge on any atom is -0.207 e. The first kappa shape index (κ1) is 11.7. The molecule has 0 unspecified atom stereocenters. The minimum atomic E-state index is -0.114. The quantitative estimate of drug-likeness (QED) is 0.702. The summed E-state index contributed by atoms with van der Waals surface area (Å²) in [6.45, 7) is 6.07. The van der Waals surface area contributed by atoms with Gasteiger partial charge < -0.3 is 0 Å². The van der Waals surface area contributed by atoms with E-state index in [0.29, 0.717) is 0 Å². The van der Waals surface area contributed by atoms with Crippen LogP contribution in [0.2, 0.25) is 0 Å². The summed E-state index contributed by atoms with van der Waals surface area (Å²) >= 11 is 3.35. The predicted octanol–water partition coefficient (Wildman–Crippen LogP) is 4.06. The van der Waals surface area contributed by atoms with Gasteiger partial charge in [-0.2, -0.15) is 0 Å². The molecule has 1 aromatic carbocycles. The summed E-state index contributed by atoms with van der Waals surface area (Å²) in [7, 11) is 0. The Labute approximate surface area is 93.7 Å². The second kappa shape index (κ2) is 4.43. The summed E-state index contributed by atoms with van der Waals surface area (Å²) in [6, 6.07) is 5.54. The van der Waals surface area contributed by atoms with Crippen molar-refractivity contribution in [3.63, 3.8) is 0 Å². The summed E-state index contributed by atoms with van der Waals surface area (Å²) in [5.41, 5.74) is 1.72. The summed E-state index contributed by atoms with van der Waals surface area (Å²) in [6.07, 6.45) is 0.876. The van der Waals surface area contributed by atoms with Gasteiger partial charge in [0.15, 0.2) is 0 Å². The third-order valence-corrected chi connectivity index (χ3v) is 2.62. The maximum Gasteiger partial charge on any atom is 0.127 e. The maximum absolute atomic E-state index is 13.7. The lowest BCUT2D eigenvalue weighted by Crippen LogP contribution is -2.13. The summed E-state index contributed by atoms with van der Waals surface area (Å²) < 4.78 is 13.7. The normalized spacial score (nSPS) is 11.8. The molecule has 0 saturated heterocycles.